The predicted molar refractivity (Wildman–Crippen MR) is 83.9 cm³/mol. The molecule has 3 nitrogen and oxygen atoms in total. The van der Waals surface area contributed by atoms with E-state index in [1.807, 2.05) is 0 Å². The predicted octanol–water partition coefficient (Wildman–Crippen LogP) is 2.68. The fourth-order valence-electron chi connectivity index (χ4n) is 4.00. The molecule has 1 aromatic rings. The van der Waals surface area contributed by atoms with Crippen molar-refractivity contribution in [1.82, 2.24) is 5.32 Å². The van der Waals surface area contributed by atoms with Crippen molar-refractivity contribution in [3.8, 4) is 0 Å². The Labute approximate surface area is 125 Å². The van der Waals surface area contributed by atoms with Gasteiger partial charge < -0.3 is 15.8 Å². The molecule has 2 fully saturated rings. The van der Waals surface area contributed by atoms with E-state index < -0.39 is 0 Å². The first-order valence-electron chi connectivity index (χ1n) is 7.59. The van der Waals surface area contributed by atoms with Crippen LogP contribution in [0.2, 0.25) is 0 Å². The molecular weight excluding hydrogens is 268 g/mol. The highest BCUT2D eigenvalue weighted by Gasteiger charge is 2.65. The lowest BCUT2D eigenvalue weighted by atomic mass is 9.46. The lowest BCUT2D eigenvalue weighted by molar-refractivity contribution is -0.225. The molecule has 0 radical (unpaired) electrons. The van der Waals surface area contributed by atoms with Crippen LogP contribution in [0.1, 0.15) is 37.8 Å². The molecule has 1 saturated carbocycles. The molecule has 1 saturated heterocycles. The number of aryl methyl sites for hydroxylation is 1. The van der Waals surface area contributed by atoms with Crippen LogP contribution in [0.3, 0.4) is 0 Å². The van der Waals surface area contributed by atoms with Gasteiger partial charge in [-0.2, -0.15) is 11.3 Å². The average molecular weight is 294 g/mol. The summed E-state index contributed by atoms with van der Waals surface area (Å²) in [6.45, 7) is 9.39. The molecule has 0 aromatic carbocycles. The molecule has 4 heteroatoms. The maximum absolute atomic E-state index is 6.77. The van der Waals surface area contributed by atoms with E-state index in [1.54, 1.807) is 11.3 Å². The quantitative estimate of drug-likeness (QED) is 0.897. The molecule has 1 aromatic heterocycles. The van der Waals surface area contributed by atoms with E-state index in [9.17, 15) is 0 Å². The molecule has 3 unspecified atom stereocenters. The molecule has 112 valence electrons. The van der Waals surface area contributed by atoms with Gasteiger partial charge in [-0.3, -0.25) is 0 Å². The zero-order valence-corrected chi connectivity index (χ0v) is 13.6. The van der Waals surface area contributed by atoms with Gasteiger partial charge in [0.25, 0.3) is 0 Å². The Hall–Kier alpha value is -0.420. The van der Waals surface area contributed by atoms with Gasteiger partial charge in [0.1, 0.15) is 0 Å². The SMILES string of the molecule is Cc1cscc1CNCC1(N)C2CCCOC2C1(C)C. The Morgan fingerprint density at radius 1 is 1.45 bits per heavy atom. The molecule has 1 aliphatic carbocycles. The fourth-order valence-corrected chi connectivity index (χ4v) is 4.85. The number of thiophene rings is 1. The van der Waals surface area contributed by atoms with Gasteiger partial charge >= 0.3 is 0 Å². The van der Waals surface area contributed by atoms with Gasteiger partial charge in [0.05, 0.1) is 6.10 Å². The van der Waals surface area contributed by atoms with Crippen molar-refractivity contribution < 1.29 is 4.74 Å². The first kappa shape index (κ1) is 14.5. The van der Waals surface area contributed by atoms with Crippen molar-refractivity contribution in [2.75, 3.05) is 13.2 Å². The van der Waals surface area contributed by atoms with Crippen LogP contribution in [0.25, 0.3) is 0 Å². The molecule has 20 heavy (non-hydrogen) atoms. The minimum Gasteiger partial charge on any atom is -0.377 e. The van der Waals surface area contributed by atoms with Gasteiger partial charge in [-0.15, -0.1) is 0 Å². The number of rotatable bonds is 4. The zero-order chi connectivity index (χ0) is 14.4. The lowest BCUT2D eigenvalue weighted by Crippen LogP contribution is -2.80. The third-order valence-electron chi connectivity index (χ3n) is 5.59. The summed E-state index contributed by atoms with van der Waals surface area (Å²) < 4.78 is 5.95. The number of hydrogen-bond donors (Lipinski definition) is 2. The van der Waals surface area contributed by atoms with E-state index in [4.69, 9.17) is 10.5 Å². The van der Waals surface area contributed by atoms with Crippen molar-refractivity contribution in [1.29, 1.82) is 0 Å². The maximum atomic E-state index is 6.77. The van der Waals surface area contributed by atoms with Gasteiger partial charge in [-0.25, -0.2) is 0 Å². The molecule has 3 rings (SSSR count). The number of fused-ring (bicyclic) bond motifs is 1. The summed E-state index contributed by atoms with van der Waals surface area (Å²) in [4.78, 5) is 0. The summed E-state index contributed by atoms with van der Waals surface area (Å²) in [7, 11) is 0. The van der Waals surface area contributed by atoms with Crippen LogP contribution in [0, 0.1) is 18.3 Å². The molecule has 2 heterocycles. The Morgan fingerprint density at radius 3 is 2.95 bits per heavy atom. The second-order valence-electron chi connectivity index (χ2n) is 6.99. The van der Waals surface area contributed by atoms with E-state index >= 15 is 0 Å². The molecule has 0 bridgehead atoms. The largest absolute Gasteiger partial charge is 0.377 e. The standard InChI is InChI=1S/C16H26N2OS/c1-11-8-20-9-12(11)7-18-10-16(17)13-5-4-6-19-14(13)15(16,2)3/h8-9,13-14,18H,4-7,10,17H2,1-3H3. The van der Waals surface area contributed by atoms with Crippen LogP contribution in [-0.4, -0.2) is 24.8 Å². The van der Waals surface area contributed by atoms with E-state index in [-0.39, 0.29) is 11.0 Å². The second kappa shape index (κ2) is 5.09. The Balaban J connectivity index is 1.62. The highest BCUT2D eigenvalue weighted by atomic mass is 32.1. The molecule has 1 aliphatic heterocycles. The third kappa shape index (κ3) is 2.05. The molecule has 0 spiro atoms. The van der Waals surface area contributed by atoms with Gasteiger partial charge in [0, 0.05) is 36.6 Å². The normalized spacial score (nSPS) is 35.4. The third-order valence-corrected chi connectivity index (χ3v) is 6.50. The van der Waals surface area contributed by atoms with Crippen LogP contribution in [0.15, 0.2) is 10.8 Å². The second-order valence-corrected chi connectivity index (χ2v) is 7.73. The van der Waals surface area contributed by atoms with Crippen molar-refractivity contribution in [2.24, 2.45) is 17.1 Å². The van der Waals surface area contributed by atoms with Crippen molar-refractivity contribution in [3.05, 3.63) is 21.9 Å². The van der Waals surface area contributed by atoms with Crippen LogP contribution < -0.4 is 11.1 Å². The highest BCUT2D eigenvalue weighted by molar-refractivity contribution is 7.08. The number of nitrogens with two attached hydrogens (primary N) is 1. The summed E-state index contributed by atoms with van der Waals surface area (Å²) >= 11 is 1.77. The topological polar surface area (TPSA) is 47.3 Å². The molecule has 0 amide bonds. The van der Waals surface area contributed by atoms with Crippen molar-refractivity contribution in [3.63, 3.8) is 0 Å². The van der Waals surface area contributed by atoms with Crippen LogP contribution in [-0.2, 0) is 11.3 Å². The van der Waals surface area contributed by atoms with Crippen molar-refractivity contribution in [2.45, 2.75) is 51.8 Å². The van der Waals surface area contributed by atoms with E-state index in [0.717, 1.165) is 26.1 Å². The van der Waals surface area contributed by atoms with Gasteiger partial charge in [-0.1, -0.05) is 13.8 Å². The smallest absolute Gasteiger partial charge is 0.0690 e. The zero-order valence-electron chi connectivity index (χ0n) is 12.7. The fraction of sp³-hybridized carbons (Fsp3) is 0.750. The maximum Gasteiger partial charge on any atom is 0.0690 e. The summed E-state index contributed by atoms with van der Waals surface area (Å²) in [5.41, 5.74) is 9.47. The molecular formula is C16H26N2OS. The Kier molecular flexibility index (Phi) is 3.70. The monoisotopic (exact) mass is 294 g/mol. The number of hydrogen-bond acceptors (Lipinski definition) is 4. The van der Waals surface area contributed by atoms with Crippen LogP contribution in [0.5, 0.6) is 0 Å². The van der Waals surface area contributed by atoms with E-state index in [0.29, 0.717) is 12.0 Å². The van der Waals surface area contributed by atoms with E-state index in [2.05, 4.69) is 36.8 Å². The highest BCUT2D eigenvalue weighted by Crippen LogP contribution is 2.56. The Bertz CT molecular complexity index is 485. The van der Waals surface area contributed by atoms with Crippen molar-refractivity contribution >= 4 is 11.3 Å². The van der Waals surface area contributed by atoms with Gasteiger partial charge in [0.15, 0.2) is 0 Å². The van der Waals surface area contributed by atoms with Gasteiger partial charge in [-0.05, 0) is 41.7 Å². The lowest BCUT2D eigenvalue weighted by Gasteiger charge is -2.66. The summed E-state index contributed by atoms with van der Waals surface area (Å²) in [5, 5.41) is 8.01. The van der Waals surface area contributed by atoms with Gasteiger partial charge in [0.2, 0.25) is 0 Å². The minimum atomic E-state index is -0.137. The molecule has 3 N–H and O–H groups in total. The minimum absolute atomic E-state index is 0.0643. The number of nitrogens with one attached hydrogen (secondary N) is 1. The Morgan fingerprint density at radius 2 is 2.25 bits per heavy atom. The first-order chi connectivity index (χ1) is 9.47. The molecule has 2 aliphatic rings. The molecule has 3 atom stereocenters. The summed E-state index contributed by atoms with van der Waals surface area (Å²) in [6.07, 6.45) is 2.72. The summed E-state index contributed by atoms with van der Waals surface area (Å²) in [5.74, 6) is 0.516. The van der Waals surface area contributed by atoms with Crippen LogP contribution in [0.4, 0.5) is 0 Å². The summed E-state index contributed by atoms with van der Waals surface area (Å²) in [6, 6.07) is 0. The average Bonchev–Trinajstić information content (AvgIpc) is 2.84. The van der Waals surface area contributed by atoms with Crippen LogP contribution >= 0.6 is 11.3 Å². The first-order valence-corrected chi connectivity index (χ1v) is 8.54. The van der Waals surface area contributed by atoms with E-state index in [1.165, 1.54) is 17.5 Å². The number of ether oxygens (including phenoxy) is 1.